The van der Waals surface area contributed by atoms with Crippen LogP contribution in [0.25, 0.3) is 0 Å². The van der Waals surface area contributed by atoms with E-state index in [0.717, 1.165) is 16.5 Å². The lowest BCUT2D eigenvalue weighted by atomic mass is 9.87. The van der Waals surface area contributed by atoms with Gasteiger partial charge in [0, 0.05) is 16.3 Å². The second kappa shape index (κ2) is 6.87. The monoisotopic (exact) mass is 319 g/mol. The highest BCUT2D eigenvalue weighted by Gasteiger charge is 2.14. The van der Waals surface area contributed by atoms with Gasteiger partial charge in [-0.25, -0.2) is 0 Å². The number of nitrogens with one attached hydrogen (secondary N) is 1. The molecular formula is C18H22ClNS. The standard InChI is InChI=1S/C18H22ClNS/c1-18(2,3)14-8-10-15(11-9-14)21-17-13(12-20-4)6-5-7-16(17)19/h5-11,20H,12H2,1-4H3. The first kappa shape index (κ1) is 16.4. The van der Waals surface area contributed by atoms with Crippen molar-refractivity contribution in [2.24, 2.45) is 0 Å². The quantitative estimate of drug-likeness (QED) is 0.797. The minimum atomic E-state index is 0.185. The normalized spacial score (nSPS) is 11.7. The number of rotatable bonds is 4. The molecule has 21 heavy (non-hydrogen) atoms. The molecule has 0 heterocycles. The highest BCUT2D eigenvalue weighted by Crippen LogP contribution is 2.36. The minimum absolute atomic E-state index is 0.185. The second-order valence-electron chi connectivity index (χ2n) is 6.13. The average molecular weight is 320 g/mol. The first-order valence-electron chi connectivity index (χ1n) is 7.12. The molecule has 0 spiro atoms. The van der Waals surface area contributed by atoms with Gasteiger partial charge in [0.05, 0.1) is 5.02 Å². The molecule has 1 N–H and O–H groups in total. The molecule has 0 aromatic heterocycles. The maximum absolute atomic E-state index is 6.37. The Balaban J connectivity index is 2.26. The zero-order valence-corrected chi connectivity index (χ0v) is 14.6. The molecule has 0 unspecified atom stereocenters. The Labute approximate surface area is 137 Å². The predicted octanol–water partition coefficient (Wildman–Crippen LogP) is 5.51. The molecule has 0 fully saturated rings. The average Bonchev–Trinajstić information content (AvgIpc) is 2.42. The Kier molecular flexibility index (Phi) is 5.37. The molecule has 1 nitrogen and oxygen atoms in total. The Morgan fingerprint density at radius 1 is 1.05 bits per heavy atom. The van der Waals surface area contributed by atoms with Gasteiger partial charge in [0.15, 0.2) is 0 Å². The van der Waals surface area contributed by atoms with Crippen molar-refractivity contribution >= 4 is 23.4 Å². The van der Waals surface area contributed by atoms with Gasteiger partial charge < -0.3 is 5.32 Å². The Morgan fingerprint density at radius 3 is 2.29 bits per heavy atom. The van der Waals surface area contributed by atoms with Gasteiger partial charge in [0.2, 0.25) is 0 Å². The van der Waals surface area contributed by atoms with Crippen molar-refractivity contribution in [1.82, 2.24) is 5.32 Å². The number of hydrogen-bond acceptors (Lipinski definition) is 2. The van der Waals surface area contributed by atoms with E-state index in [-0.39, 0.29) is 5.41 Å². The maximum atomic E-state index is 6.37. The molecule has 0 aliphatic carbocycles. The van der Waals surface area contributed by atoms with Gasteiger partial charge in [-0.3, -0.25) is 0 Å². The molecule has 0 atom stereocenters. The zero-order valence-electron chi connectivity index (χ0n) is 13.0. The molecule has 0 aliphatic heterocycles. The van der Waals surface area contributed by atoms with Crippen molar-refractivity contribution in [2.75, 3.05) is 7.05 Å². The molecule has 112 valence electrons. The third-order valence-corrected chi connectivity index (χ3v) is 4.98. The summed E-state index contributed by atoms with van der Waals surface area (Å²) in [6.07, 6.45) is 0. The van der Waals surface area contributed by atoms with Crippen LogP contribution in [-0.2, 0) is 12.0 Å². The lowest BCUT2D eigenvalue weighted by molar-refractivity contribution is 0.590. The molecule has 2 aromatic rings. The van der Waals surface area contributed by atoms with Gasteiger partial charge in [-0.15, -0.1) is 0 Å². The lowest BCUT2D eigenvalue weighted by Gasteiger charge is -2.19. The van der Waals surface area contributed by atoms with Crippen molar-refractivity contribution in [2.45, 2.75) is 42.5 Å². The smallest absolute Gasteiger partial charge is 0.0548 e. The molecule has 0 aliphatic rings. The highest BCUT2D eigenvalue weighted by molar-refractivity contribution is 7.99. The van der Waals surface area contributed by atoms with E-state index in [4.69, 9.17) is 11.6 Å². The molecule has 3 heteroatoms. The lowest BCUT2D eigenvalue weighted by Crippen LogP contribution is -2.10. The van der Waals surface area contributed by atoms with Crippen molar-refractivity contribution in [3.8, 4) is 0 Å². The van der Waals surface area contributed by atoms with E-state index in [9.17, 15) is 0 Å². The van der Waals surface area contributed by atoms with Crippen LogP contribution < -0.4 is 5.32 Å². The molecular weight excluding hydrogens is 298 g/mol. The summed E-state index contributed by atoms with van der Waals surface area (Å²) in [6, 6.07) is 14.8. The third kappa shape index (κ3) is 4.26. The summed E-state index contributed by atoms with van der Waals surface area (Å²) in [5, 5.41) is 4.01. The van der Waals surface area contributed by atoms with Crippen molar-refractivity contribution in [3.05, 3.63) is 58.6 Å². The van der Waals surface area contributed by atoms with Crippen LogP contribution in [0.5, 0.6) is 0 Å². The molecule has 0 radical (unpaired) electrons. The summed E-state index contributed by atoms with van der Waals surface area (Å²) < 4.78 is 0. The zero-order chi connectivity index (χ0) is 15.5. The SMILES string of the molecule is CNCc1cccc(Cl)c1Sc1ccc(C(C)(C)C)cc1. The minimum Gasteiger partial charge on any atom is -0.316 e. The summed E-state index contributed by atoms with van der Waals surface area (Å²) in [5.41, 5.74) is 2.77. The van der Waals surface area contributed by atoms with Crippen molar-refractivity contribution in [3.63, 3.8) is 0 Å². The number of halogens is 1. The van der Waals surface area contributed by atoms with E-state index in [2.05, 4.69) is 56.4 Å². The maximum Gasteiger partial charge on any atom is 0.0548 e. The summed E-state index contributed by atoms with van der Waals surface area (Å²) in [6.45, 7) is 7.51. The predicted molar refractivity (Wildman–Crippen MR) is 93.5 cm³/mol. The molecule has 0 amide bonds. The molecule has 2 aromatic carbocycles. The van der Waals surface area contributed by atoms with Gasteiger partial charge in [0.1, 0.15) is 0 Å². The Bertz CT molecular complexity index is 600. The van der Waals surface area contributed by atoms with Crippen LogP contribution in [0.1, 0.15) is 31.9 Å². The summed E-state index contributed by atoms with van der Waals surface area (Å²) in [5.74, 6) is 0. The fourth-order valence-corrected chi connectivity index (χ4v) is 3.39. The third-order valence-electron chi connectivity index (χ3n) is 3.36. The van der Waals surface area contributed by atoms with E-state index >= 15 is 0 Å². The van der Waals surface area contributed by atoms with Crippen molar-refractivity contribution in [1.29, 1.82) is 0 Å². The van der Waals surface area contributed by atoms with Gasteiger partial charge in [0.25, 0.3) is 0 Å². The van der Waals surface area contributed by atoms with Crippen molar-refractivity contribution < 1.29 is 0 Å². The van der Waals surface area contributed by atoms with Crippen LogP contribution in [-0.4, -0.2) is 7.05 Å². The largest absolute Gasteiger partial charge is 0.316 e. The number of hydrogen-bond donors (Lipinski definition) is 1. The van der Waals surface area contributed by atoms with Crippen LogP contribution in [0.4, 0.5) is 0 Å². The molecule has 0 saturated heterocycles. The van der Waals surface area contributed by atoms with E-state index < -0.39 is 0 Å². The highest BCUT2D eigenvalue weighted by atomic mass is 35.5. The number of benzene rings is 2. The Hall–Kier alpha value is -0.960. The molecule has 0 bridgehead atoms. The van der Waals surface area contributed by atoms with E-state index in [1.54, 1.807) is 11.8 Å². The van der Waals surface area contributed by atoms with Gasteiger partial charge in [-0.1, -0.05) is 68.4 Å². The topological polar surface area (TPSA) is 12.0 Å². The first-order chi connectivity index (χ1) is 9.91. The van der Waals surface area contributed by atoms with Crippen LogP contribution in [0.2, 0.25) is 5.02 Å². The van der Waals surface area contributed by atoms with Crippen LogP contribution in [0.3, 0.4) is 0 Å². The Morgan fingerprint density at radius 2 is 1.71 bits per heavy atom. The van der Waals surface area contributed by atoms with Crippen LogP contribution >= 0.6 is 23.4 Å². The van der Waals surface area contributed by atoms with Gasteiger partial charge in [-0.2, -0.15) is 0 Å². The fraction of sp³-hybridized carbons (Fsp3) is 0.333. The van der Waals surface area contributed by atoms with E-state index in [1.165, 1.54) is 16.0 Å². The summed E-state index contributed by atoms with van der Waals surface area (Å²) >= 11 is 8.10. The van der Waals surface area contributed by atoms with Gasteiger partial charge in [-0.05, 0) is 41.8 Å². The fourth-order valence-electron chi connectivity index (χ4n) is 2.14. The van der Waals surface area contributed by atoms with E-state index in [1.807, 2.05) is 19.2 Å². The van der Waals surface area contributed by atoms with Crippen LogP contribution in [0.15, 0.2) is 52.3 Å². The van der Waals surface area contributed by atoms with E-state index in [0.29, 0.717) is 0 Å². The molecule has 0 saturated carbocycles. The summed E-state index contributed by atoms with van der Waals surface area (Å²) in [4.78, 5) is 2.35. The summed E-state index contributed by atoms with van der Waals surface area (Å²) in [7, 11) is 1.95. The first-order valence-corrected chi connectivity index (χ1v) is 8.31. The second-order valence-corrected chi connectivity index (χ2v) is 7.63. The van der Waals surface area contributed by atoms with Gasteiger partial charge >= 0.3 is 0 Å². The van der Waals surface area contributed by atoms with Crippen LogP contribution in [0, 0.1) is 0 Å². The molecule has 2 rings (SSSR count).